The van der Waals surface area contributed by atoms with E-state index in [2.05, 4.69) is 4.72 Å². The summed E-state index contributed by atoms with van der Waals surface area (Å²) in [5, 5.41) is 0. The lowest BCUT2D eigenvalue weighted by molar-refractivity contribution is 0.0981. The Balaban J connectivity index is 1.58. The van der Waals surface area contributed by atoms with E-state index >= 15 is 0 Å². The van der Waals surface area contributed by atoms with Gasteiger partial charge in [0, 0.05) is 5.56 Å². The second-order valence-electron chi connectivity index (χ2n) is 5.79. The minimum atomic E-state index is -3.91. The van der Waals surface area contributed by atoms with Gasteiger partial charge in [-0.25, -0.2) is 13.1 Å². The molecule has 0 radical (unpaired) electrons. The fourth-order valence-electron chi connectivity index (χ4n) is 2.99. The molecule has 1 amide bonds. The van der Waals surface area contributed by atoms with Gasteiger partial charge < -0.3 is 9.47 Å². The monoisotopic (exact) mass is 345 g/mol. The zero-order valence-electron chi connectivity index (χ0n) is 12.7. The lowest BCUT2D eigenvalue weighted by Gasteiger charge is -2.09. The van der Waals surface area contributed by atoms with E-state index in [1.807, 2.05) is 6.07 Å². The van der Waals surface area contributed by atoms with Gasteiger partial charge in [0.15, 0.2) is 11.5 Å². The number of hydrogen-bond acceptors (Lipinski definition) is 5. The van der Waals surface area contributed by atoms with Crippen LogP contribution in [0.2, 0.25) is 0 Å². The molecule has 0 spiro atoms. The highest BCUT2D eigenvalue weighted by Crippen LogP contribution is 2.32. The van der Waals surface area contributed by atoms with E-state index in [1.54, 1.807) is 18.2 Å². The van der Waals surface area contributed by atoms with E-state index in [0.717, 1.165) is 24.8 Å². The minimum absolute atomic E-state index is 0.0911. The van der Waals surface area contributed by atoms with Crippen LogP contribution in [-0.4, -0.2) is 21.1 Å². The van der Waals surface area contributed by atoms with E-state index in [0.29, 0.717) is 11.5 Å². The number of aryl methyl sites for hydroxylation is 2. The second-order valence-corrected chi connectivity index (χ2v) is 7.47. The molecule has 0 saturated heterocycles. The van der Waals surface area contributed by atoms with Gasteiger partial charge in [-0.05, 0) is 60.7 Å². The molecule has 1 aliphatic heterocycles. The maximum Gasteiger partial charge on any atom is 0.265 e. The highest BCUT2D eigenvalue weighted by atomic mass is 32.2. The molecule has 1 aliphatic carbocycles. The third-order valence-corrected chi connectivity index (χ3v) is 5.57. The summed E-state index contributed by atoms with van der Waals surface area (Å²) in [6.45, 7) is 0.0911. The van der Waals surface area contributed by atoms with Crippen LogP contribution in [0.1, 0.15) is 27.9 Å². The number of carbonyl (C=O) groups is 1. The lowest BCUT2D eigenvalue weighted by Crippen LogP contribution is -2.30. The number of nitrogens with one attached hydrogen (secondary N) is 1. The third kappa shape index (κ3) is 2.60. The number of rotatable bonds is 3. The maximum atomic E-state index is 12.5. The molecule has 0 unspecified atom stereocenters. The Hall–Kier alpha value is -2.54. The van der Waals surface area contributed by atoms with Crippen LogP contribution in [0.5, 0.6) is 11.5 Å². The normalized spacial score (nSPS) is 15.2. The Labute approximate surface area is 139 Å². The van der Waals surface area contributed by atoms with Crippen LogP contribution in [0.15, 0.2) is 41.3 Å². The van der Waals surface area contributed by atoms with E-state index in [-0.39, 0.29) is 17.3 Å². The first-order valence-corrected chi connectivity index (χ1v) is 9.10. The summed E-state index contributed by atoms with van der Waals surface area (Å²) in [4.78, 5) is 12.4. The minimum Gasteiger partial charge on any atom is -0.454 e. The van der Waals surface area contributed by atoms with Crippen LogP contribution in [0.25, 0.3) is 0 Å². The first kappa shape index (κ1) is 15.0. The zero-order valence-corrected chi connectivity index (χ0v) is 13.6. The van der Waals surface area contributed by atoms with Crippen molar-refractivity contribution in [3.8, 4) is 11.5 Å². The fourth-order valence-corrected chi connectivity index (χ4v) is 4.02. The molecule has 0 bridgehead atoms. The first-order chi connectivity index (χ1) is 11.5. The third-order valence-electron chi connectivity index (χ3n) is 4.24. The van der Waals surface area contributed by atoms with Gasteiger partial charge in [0.2, 0.25) is 6.79 Å². The Kier molecular flexibility index (Phi) is 3.45. The highest BCUT2D eigenvalue weighted by Gasteiger charge is 2.23. The summed E-state index contributed by atoms with van der Waals surface area (Å²) in [6.07, 6.45) is 2.87. The van der Waals surface area contributed by atoms with Crippen LogP contribution in [-0.2, 0) is 22.9 Å². The Morgan fingerprint density at radius 3 is 2.62 bits per heavy atom. The average Bonchev–Trinajstić information content (AvgIpc) is 3.21. The first-order valence-electron chi connectivity index (χ1n) is 7.61. The number of amides is 1. The predicted molar refractivity (Wildman–Crippen MR) is 85.7 cm³/mol. The molecule has 6 nitrogen and oxygen atoms in total. The van der Waals surface area contributed by atoms with Crippen molar-refractivity contribution in [3.63, 3.8) is 0 Å². The van der Waals surface area contributed by atoms with Crippen molar-refractivity contribution in [3.05, 3.63) is 53.1 Å². The molecule has 24 heavy (non-hydrogen) atoms. The Morgan fingerprint density at radius 2 is 1.75 bits per heavy atom. The van der Waals surface area contributed by atoms with E-state index in [1.165, 1.54) is 17.7 Å². The smallest absolute Gasteiger partial charge is 0.265 e. The van der Waals surface area contributed by atoms with Crippen molar-refractivity contribution in [2.75, 3.05) is 6.79 Å². The Bertz CT molecular complexity index is 936. The van der Waals surface area contributed by atoms with Crippen molar-refractivity contribution >= 4 is 15.9 Å². The SMILES string of the molecule is O=C(NS(=O)(=O)c1ccc2c(c1)CCC2)c1ccc2c(c1)OCO2. The van der Waals surface area contributed by atoms with E-state index in [4.69, 9.17) is 9.47 Å². The zero-order chi connectivity index (χ0) is 16.7. The number of ether oxygens (including phenoxy) is 2. The van der Waals surface area contributed by atoms with Gasteiger partial charge in [-0.15, -0.1) is 0 Å². The molecule has 4 rings (SSSR count). The standard InChI is InChI=1S/C17H15NO5S/c19-17(13-5-7-15-16(9-13)23-10-22-15)18-24(20,21)14-6-4-11-2-1-3-12(11)8-14/h4-9H,1-3,10H2,(H,18,19). The van der Waals surface area contributed by atoms with Crippen molar-refractivity contribution < 1.29 is 22.7 Å². The quantitative estimate of drug-likeness (QED) is 0.920. The largest absolute Gasteiger partial charge is 0.454 e. The highest BCUT2D eigenvalue weighted by molar-refractivity contribution is 7.90. The van der Waals surface area contributed by atoms with Gasteiger partial charge in [-0.2, -0.15) is 0 Å². The molecule has 1 heterocycles. The van der Waals surface area contributed by atoms with Crippen LogP contribution in [0.4, 0.5) is 0 Å². The van der Waals surface area contributed by atoms with Crippen LogP contribution in [0.3, 0.4) is 0 Å². The molecule has 0 saturated carbocycles. The van der Waals surface area contributed by atoms with E-state index in [9.17, 15) is 13.2 Å². The molecule has 2 aromatic carbocycles. The van der Waals surface area contributed by atoms with Crippen molar-refractivity contribution in [1.82, 2.24) is 4.72 Å². The molecule has 0 fully saturated rings. The maximum absolute atomic E-state index is 12.5. The summed E-state index contributed by atoms with van der Waals surface area (Å²) < 4.78 is 37.4. The summed E-state index contributed by atoms with van der Waals surface area (Å²) in [7, 11) is -3.91. The van der Waals surface area contributed by atoms with Gasteiger partial charge in [0.25, 0.3) is 15.9 Å². The van der Waals surface area contributed by atoms with Crippen molar-refractivity contribution in [1.29, 1.82) is 0 Å². The van der Waals surface area contributed by atoms with Crippen molar-refractivity contribution in [2.45, 2.75) is 24.2 Å². The number of fused-ring (bicyclic) bond motifs is 2. The molecule has 2 aliphatic rings. The number of carbonyl (C=O) groups excluding carboxylic acids is 1. The van der Waals surface area contributed by atoms with Crippen molar-refractivity contribution in [2.24, 2.45) is 0 Å². The molecule has 0 atom stereocenters. The predicted octanol–water partition coefficient (Wildman–Crippen LogP) is 2.02. The molecule has 0 aromatic heterocycles. The topological polar surface area (TPSA) is 81.7 Å². The fraction of sp³-hybridized carbons (Fsp3) is 0.235. The van der Waals surface area contributed by atoms with Gasteiger partial charge >= 0.3 is 0 Å². The van der Waals surface area contributed by atoms with Gasteiger partial charge in [0.1, 0.15) is 0 Å². The molecule has 1 N–H and O–H groups in total. The van der Waals surface area contributed by atoms with Crippen LogP contribution in [0, 0.1) is 0 Å². The molecule has 7 heteroatoms. The summed E-state index contributed by atoms with van der Waals surface area (Å²) in [5.74, 6) is 0.263. The summed E-state index contributed by atoms with van der Waals surface area (Å²) >= 11 is 0. The summed E-state index contributed by atoms with van der Waals surface area (Å²) in [6, 6.07) is 9.56. The van der Waals surface area contributed by atoms with Crippen LogP contribution >= 0.6 is 0 Å². The van der Waals surface area contributed by atoms with Gasteiger partial charge in [0.05, 0.1) is 4.90 Å². The second kappa shape index (κ2) is 5.52. The Morgan fingerprint density at radius 1 is 0.958 bits per heavy atom. The molecule has 2 aromatic rings. The van der Waals surface area contributed by atoms with Crippen LogP contribution < -0.4 is 14.2 Å². The average molecular weight is 345 g/mol. The molecular formula is C17H15NO5S. The summed E-state index contributed by atoms with van der Waals surface area (Å²) in [5.41, 5.74) is 2.41. The molecule has 124 valence electrons. The molecular weight excluding hydrogens is 330 g/mol. The van der Waals surface area contributed by atoms with Gasteiger partial charge in [-0.3, -0.25) is 4.79 Å². The number of hydrogen-bond donors (Lipinski definition) is 1. The number of benzene rings is 2. The van der Waals surface area contributed by atoms with E-state index < -0.39 is 15.9 Å². The number of sulfonamides is 1. The van der Waals surface area contributed by atoms with Gasteiger partial charge in [-0.1, -0.05) is 6.07 Å². The lowest BCUT2D eigenvalue weighted by atomic mass is 10.1.